The normalized spacial score (nSPS) is 13.9. The third kappa shape index (κ3) is 3.22. The Kier molecular flexibility index (Phi) is 4.46. The second-order valence-electron chi connectivity index (χ2n) is 5.50. The molecule has 1 heterocycles. The molecule has 0 aromatic heterocycles. The van der Waals surface area contributed by atoms with Gasteiger partial charge in [0.15, 0.2) is 11.6 Å². The van der Waals surface area contributed by atoms with Gasteiger partial charge in [0.25, 0.3) is 5.91 Å². The minimum Gasteiger partial charge on any atom is -0.494 e. The smallest absolute Gasteiger partial charge is 0.255 e. The molecule has 0 unspecified atom stereocenters. The second-order valence-corrected chi connectivity index (χ2v) is 5.50. The van der Waals surface area contributed by atoms with Gasteiger partial charge in [0.05, 0.1) is 7.11 Å². The van der Waals surface area contributed by atoms with Crippen molar-refractivity contribution in [3.63, 3.8) is 0 Å². The van der Waals surface area contributed by atoms with Crippen LogP contribution >= 0.6 is 0 Å². The van der Waals surface area contributed by atoms with Crippen LogP contribution in [0.3, 0.4) is 0 Å². The van der Waals surface area contributed by atoms with Gasteiger partial charge in [0.2, 0.25) is 5.91 Å². The van der Waals surface area contributed by atoms with E-state index in [0.29, 0.717) is 18.7 Å². The second kappa shape index (κ2) is 6.70. The molecule has 6 heteroatoms. The zero-order valence-corrected chi connectivity index (χ0v) is 13.2. The molecule has 2 amide bonds. The number of hydrogen-bond acceptors (Lipinski definition) is 3. The molecule has 0 atom stereocenters. The van der Waals surface area contributed by atoms with Crippen LogP contribution in [0.1, 0.15) is 23.2 Å². The van der Waals surface area contributed by atoms with Crippen LogP contribution < -0.4 is 15.0 Å². The molecule has 0 saturated carbocycles. The van der Waals surface area contributed by atoms with E-state index < -0.39 is 11.7 Å². The van der Waals surface area contributed by atoms with Gasteiger partial charge in [-0.15, -0.1) is 0 Å². The van der Waals surface area contributed by atoms with E-state index in [2.05, 4.69) is 5.32 Å². The van der Waals surface area contributed by atoms with Crippen LogP contribution in [0, 0.1) is 5.82 Å². The van der Waals surface area contributed by atoms with Crippen molar-refractivity contribution in [2.75, 3.05) is 23.9 Å². The number of rotatable bonds is 4. The zero-order valence-electron chi connectivity index (χ0n) is 13.2. The highest BCUT2D eigenvalue weighted by Gasteiger charge is 2.21. The first-order valence-electron chi connectivity index (χ1n) is 7.64. The molecular formula is C18H17FN2O3. The van der Waals surface area contributed by atoms with Crippen molar-refractivity contribution in [1.29, 1.82) is 0 Å². The number of hydrogen-bond donors (Lipinski definition) is 1. The number of anilines is 2. The summed E-state index contributed by atoms with van der Waals surface area (Å²) in [7, 11) is 1.36. The highest BCUT2D eigenvalue weighted by atomic mass is 19.1. The standard InChI is InChI=1S/C18H17FN2O3/c1-24-16-8-7-12(10-15(16)19)18(23)20-13-4-2-5-14(11-13)21-9-3-6-17(21)22/h2,4-5,7-8,10-11H,3,6,9H2,1H3,(H,20,23). The quantitative estimate of drug-likeness (QED) is 0.937. The number of nitrogens with zero attached hydrogens (tertiary/aromatic N) is 1. The Balaban J connectivity index is 1.77. The van der Waals surface area contributed by atoms with Gasteiger partial charge in [0, 0.05) is 29.9 Å². The van der Waals surface area contributed by atoms with Crippen LogP contribution in [-0.2, 0) is 4.79 Å². The maximum Gasteiger partial charge on any atom is 0.255 e. The van der Waals surface area contributed by atoms with Crippen LogP contribution in [0.15, 0.2) is 42.5 Å². The van der Waals surface area contributed by atoms with E-state index in [1.807, 2.05) is 6.07 Å². The van der Waals surface area contributed by atoms with E-state index in [4.69, 9.17) is 4.74 Å². The summed E-state index contributed by atoms with van der Waals surface area (Å²) in [6.45, 7) is 0.680. The molecule has 0 radical (unpaired) electrons. The number of amides is 2. The molecular weight excluding hydrogens is 311 g/mol. The predicted octanol–water partition coefficient (Wildman–Crippen LogP) is 3.21. The maximum absolute atomic E-state index is 13.7. The Bertz CT molecular complexity index is 792. The molecule has 1 N–H and O–H groups in total. The largest absolute Gasteiger partial charge is 0.494 e. The van der Waals surface area contributed by atoms with Gasteiger partial charge in [-0.3, -0.25) is 9.59 Å². The van der Waals surface area contributed by atoms with Crippen molar-refractivity contribution in [3.8, 4) is 5.75 Å². The lowest BCUT2D eigenvalue weighted by Gasteiger charge is -2.16. The fourth-order valence-corrected chi connectivity index (χ4v) is 2.68. The molecule has 0 bridgehead atoms. The minimum atomic E-state index is -0.596. The average Bonchev–Trinajstić information content (AvgIpc) is 3.01. The lowest BCUT2D eigenvalue weighted by Crippen LogP contribution is -2.23. The van der Waals surface area contributed by atoms with Crippen LogP contribution in [0.5, 0.6) is 5.75 Å². The topological polar surface area (TPSA) is 58.6 Å². The van der Waals surface area contributed by atoms with E-state index in [0.717, 1.165) is 18.2 Å². The molecule has 3 rings (SSSR count). The number of carbonyl (C=O) groups excluding carboxylic acids is 2. The molecule has 1 aliphatic heterocycles. The monoisotopic (exact) mass is 328 g/mol. The highest BCUT2D eigenvalue weighted by Crippen LogP contribution is 2.25. The summed E-state index contributed by atoms with van der Waals surface area (Å²) in [6, 6.07) is 11.1. The first-order valence-corrected chi connectivity index (χ1v) is 7.64. The summed E-state index contributed by atoms with van der Waals surface area (Å²) >= 11 is 0. The Morgan fingerprint density at radius 1 is 1.25 bits per heavy atom. The fourth-order valence-electron chi connectivity index (χ4n) is 2.68. The molecule has 124 valence electrons. The van der Waals surface area contributed by atoms with E-state index in [1.54, 1.807) is 23.1 Å². The molecule has 1 saturated heterocycles. The van der Waals surface area contributed by atoms with Gasteiger partial charge in [-0.2, -0.15) is 0 Å². The summed E-state index contributed by atoms with van der Waals surface area (Å²) in [6.07, 6.45) is 1.38. The molecule has 24 heavy (non-hydrogen) atoms. The third-order valence-electron chi connectivity index (χ3n) is 3.90. The number of benzene rings is 2. The van der Waals surface area contributed by atoms with E-state index in [-0.39, 0.29) is 17.2 Å². The molecule has 1 fully saturated rings. The number of halogens is 1. The average molecular weight is 328 g/mol. The van der Waals surface area contributed by atoms with Gasteiger partial charge in [-0.25, -0.2) is 4.39 Å². The van der Waals surface area contributed by atoms with E-state index >= 15 is 0 Å². The Labute approximate surface area is 139 Å². The molecule has 5 nitrogen and oxygen atoms in total. The summed E-state index contributed by atoms with van der Waals surface area (Å²) in [5.41, 5.74) is 1.49. The van der Waals surface area contributed by atoms with E-state index in [9.17, 15) is 14.0 Å². The van der Waals surface area contributed by atoms with Crippen LogP contribution in [0.4, 0.5) is 15.8 Å². The van der Waals surface area contributed by atoms with Crippen molar-refractivity contribution in [1.82, 2.24) is 0 Å². The van der Waals surface area contributed by atoms with Gasteiger partial charge in [0.1, 0.15) is 0 Å². The predicted molar refractivity (Wildman–Crippen MR) is 88.9 cm³/mol. The third-order valence-corrected chi connectivity index (χ3v) is 3.90. The van der Waals surface area contributed by atoms with Crippen molar-refractivity contribution in [2.45, 2.75) is 12.8 Å². The van der Waals surface area contributed by atoms with Gasteiger partial charge in [-0.1, -0.05) is 6.07 Å². The highest BCUT2D eigenvalue weighted by molar-refractivity contribution is 6.05. The summed E-state index contributed by atoms with van der Waals surface area (Å²) in [5.74, 6) is -0.861. The van der Waals surface area contributed by atoms with Gasteiger partial charge >= 0.3 is 0 Å². The number of carbonyl (C=O) groups is 2. The molecule has 0 spiro atoms. The van der Waals surface area contributed by atoms with Gasteiger partial charge in [-0.05, 0) is 42.8 Å². The molecule has 1 aliphatic rings. The lowest BCUT2D eigenvalue weighted by atomic mass is 10.2. The summed E-state index contributed by atoms with van der Waals surface area (Å²) in [4.78, 5) is 25.8. The van der Waals surface area contributed by atoms with Gasteiger partial charge < -0.3 is 15.0 Å². The fraction of sp³-hybridized carbons (Fsp3) is 0.222. The molecule has 2 aromatic carbocycles. The number of nitrogens with one attached hydrogen (secondary N) is 1. The van der Waals surface area contributed by atoms with Crippen LogP contribution in [0.2, 0.25) is 0 Å². The number of ether oxygens (including phenoxy) is 1. The van der Waals surface area contributed by atoms with Crippen molar-refractivity contribution in [3.05, 3.63) is 53.8 Å². The first-order chi connectivity index (χ1) is 11.6. The SMILES string of the molecule is COc1ccc(C(=O)Nc2cccc(N3CCCC3=O)c2)cc1F. The first kappa shape index (κ1) is 16.0. The summed E-state index contributed by atoms with van der Waals surface area (Å²) in [5, 5.41) is 2.72. The minimum absolute atomic E-state index is 0.0794. The van der Waals surface area contributed by atoms with Crippen molar-refractivity contribution < 1.29 is 18.7 Å². The van der Waals surface area contributed by atoms with Crippen LogP contribution in [0.25, 0.3) is 0 Å². The Morgan fingerprint density at radius 3 is 2.75 bits per heavy atom. The van der Waals surface area contributed by atoms with Crippen LogP contribution in [-0.4, -0.2) is 25.5 Å². The number of methoxy groups -OCH3 is 1. The Hall–Kier alpha value is -2.89. The Morgan fingerprint density at radius 2 is 2.08 bits per heavy atom. The summed E-state index contributed by atoms with van der Waals surface area (Å²) < 4.78 is 18.5. The lowest BCUT2D eigenvalue weighted by molar-refractivity contribution is -0.117. The van der Waals surface area contributed by atoms with Crippen molar-refractivity contribution in [2.24, 2.45) is 0 Å². The van der Waals surface area contributed by atoms with E-state index in [1.165, 1.54) is 19.2 Å². The zero-order chi connectivity index (χ0) is 17.1. The molecule has 0 aliphatic carbocycles. The maximum atomic E-state index is 13.7. The van der Waals surface area contributed by atoms with Crippen molar-refractivity contribution >= 4 is 23.2 Å². The molecule has 2 aromatic rings.